The fourth-order valence-corrected chi connectivity index (χ4v) is 4.13. The lowest BCUT2D eigenvalue weighted by atomic mass is 10.1. The number of morpholine rings is 1. The summed E-state index contributed by atoms with van der Waals surface area (Å²) in [5, 5.41) is 3.26. The number of halogens is 1. The lowest BCUT2D eigenvalue weighted by Gasteiger charge is -2.30. The Morgan fingerprint density at radius 1 is 1.10 bits per heavy atom. The zero-order chi connectivity index (χ0) is 20.5. The van der Waals surface area contributed by atoms with Crippen molar-refractivity contribution in [2.75, 3.05) is 72.1 Å². The quantitative estimate of drug-likeness (QED) is 0.627. The Kier molecular flexibility index (Phi) is 8.92. The highest BCUT2D eigenvalue weighted by atomic mass is 79.9. The van der Waals surface area contributed by atoms with Crippen LogP contribution in [-0.2, 0) is 9.53 Å². The Labute approximate surface area is 181 Å². The largest absolute Gasteiger partial charge is 0.379 e. The molecule has 1 aromatic rings. The number of hydrogen-bond donors (Lipinski definition) is 1. The van der Waals surface area contributed by atoms with Crippen molar-refractivity contribution in [1.29, 1.82) is 0 Å². The van der Waals surface area contributed by atoms with Crippen molar-refractivity contribution in [3.8, 4) is 0 Å². The lowest BCUT2D eigenvalue weighted by molar-refractivity contribution is -0.131. The van der Waals surface area contributed by atoms with Crippen LogP contribution in [0.4, 0.5) is 0 Å². The molecule has 3 rings (SSSR count). The second-order valence-electron chi connectivity index (χ2n) is 7.49. The van der Waals surface area contributed by atoms with Gasteiger partial charge >= 0.3 is 0 Å². The van der Waals surface area contributed by atoms with E-state index in [2.05, 4.69) is 26.1 Å². The van der Waals surface area contributed by atoms with Crippen LogP contribution in [-0.4, -0.2) is 98.6 Å². The minimum absolute atomic E-state index is 0.0126. The average molecular weight is 467 g/mol. The molecular formula is C21H31BrN4O3. The van der Waals surface area contributed by atoms with E-state index in [9.17, 15) is 9.59 Å². The maximum absolute atomic E-state index is 13.1. The summed E-state index contributed by atoms with van der Waals surface area (Å²) in [6.45, 7) is 8.66. The van der Waals surface area contributed by atoms with Crippen LogP contribution in [0.5, 0.6) is 0 Å². The minimum Gasteiger partial charge on any atom is -0.379 e. The normalized spacial score (nSPS) is 17.9. The van der Waals surface area contributed by atoms with Crippen LogP contribution < -0.4 is 5.32 Å². The van der Waals surface area contributed by atoms with Crippen molar-refractivity contribution < 1.29 is 14.3 Å². The van der Waals surface area contributed by atoms with Gasteiger partial charge in [-0.1, -0.05) is 22.0 Å². The van der Waals surface area contributed by atoms with Gasteiger partial charge in [-0.3, -0.25) is 14.5 Å². The van der Waals surface area contributed by atoms with Crippen LogP contribution in [0.15, 0.2) is 28.7 Å². The zero-order valence-corrected chi connectivity index (χ0v) is 18.5. The first-order chi connectivity index (χ1) is 14.1. The number of hydrogen-bond acceptors (Lipinski definition) is 5. The van der Waals surface area contributed by atoms with Gasteiger partial charge in [0.25, 0.3) is 5.91 Å². The SMILES string of the molecule is O=C(CCN(CCCN1CCOCC1)C(=O)c1cccc(Br)c1)N1CCNCC1. The summed E-state index contributed by atoms with van der Waals surface area (Å²) < 4.78 is 6.28. The van der Waals surface area contributed by atoms with Gasteiger partial charge < -0.3 is 19.9 Å². The van der Waals surface area contributed by atoms with Gasteiger partial charge in [-0.25, -0.2) is 0 Å². The molecular weight excluding hydrogens is 436 g/mol. The molecule has 0 spiro atoms. The molecule has 2 fully saturated rings. The number of piperazine rings is 1. The average Bonchev–Trinajstić information content (AvgIpc) is 2.76. The van der Waals surface area contributed by atoms with Crippen LogP contribution in [0.25, 0.3) is 0 Å². The topological polar surface area (TPSA) is 65.1 Å². The molecule has 7 nitrogen and oxygen atoms in total. The molecule has 8 heteroatoms. The molecule has 0 unspecified atom stereocenters. The van der Waals surface area contributed by atoms with Gasteiger partial charge in [-0.2, -0.15) is 0 Å². The van der Waals surface area contributed by atoms with Gasteiger partial charge in [-0.05, 0) is 24.6 Å². The fraction of sp³-hybridized carbons (Fsp3) is 0.619. The van der Waals surface area contributed by atoms with Crippen molar-refractivity contribution in [2.24, 2.45) is 0 Å². The van der Waals surface area contributed by atoms with Crippen LogP contribution >= 0.6 is 15.9 Å². The van der Waals surface area contributed by atoms with Crippen molar-refractivity contribution in [2.45, 2.75) is 12.8 Å². The van der Waals surface area contributed by atoms with E-state index < -0.39 is 0 Å². The first-order valence-corrected chi connectivity index (χ1v) is 11.3. The highest BCUT2D eigenvalue weighted by Gasteiger charge is 2.21. The van der Waals surface area contributed by atoms with Gasteiger partial charge in [0.15, 0.2) is 0 Å². The monoisotopic (exact) mass is 466 g/mol. The molecule has 0 radical (unpaired) electrons. The maximum atomic E-state index is 13.1. The van der Waals surface area contributed by atoms with Crippen molar-refractivity contribution in [1.82, 2.24) is 20.0 Å². The molecule has 2 amide bonds. The van der Waals surface area contributed by atoms with Crippen LogP contribution in [0.1, 0.15) is 23.2 Å². The number of rotatable bonds is 8. The smallest absolute Gasteiger partial charge is 0.253 e. The standard InChI is InChI=1S/C21H31BrN4O3/c22-19-4-1-3-18(17-19)21(28)26(9-2-8-24-13-15-29-16-14-24)10-5-20(27)25-11-6-23-7-12-25/h1,3-4,17,23H,2,5-16H2. The summed E-state index contributed by atoms with van der Waals surface area (Å²) in [6.07, 6.45) is 1.26. The van der Waals surface area contributed by atoms with E-state index in [1.807, 2.05) is 34.1 Å². The molecule has 1 N–H and O–H groups in total. The molecule has 0 bridgehead atoms. The van der Waals surface area contributed by atoms with E-state index in [0.717, 1.165) is 69.9 Å². The van der Waals surface area contributed by atoms with Crippen LogP contribution in [0, 0.1) is 0 Å². The molecule has 0 atom stereocenters. The summed E-state index contributed by atoms with van der Waals surface area (Å²) in [6, 6.07) is 7.46. The maximum Gasteiger partial charge on any atom is 0.253 e. The number of benzene rings is 1. The predicted octanol–water partition coefficient (Wildman–Crippen LogP) is 1.44. The Bertz CT molecular complexity index is 676. The minimum atomic E-state index is -0.0126. The van der Waals surface area contributed by atoms with E-state index in [1.165, 1.54) is 0 Å². The molecule has 1 aromatic carbocycles. The number of nitrogens with one attached hydrogen (secondary N) is 1. The first kappa shape index (κ1) is 22.2. The number of carbonyl (C=O) groups is 2. The third-order valence-corrected chi connectivity index (χ3v) is 5.92. The molecule has 0 saturated carbocycles. The van der Waals surface area contributed by atoms with Crippen LogP contribution in [0.3, 0.4) is 0 Å². The van der Waals surface area contributed by atoms with E-state index in [4.69, 9.17) is 4.74 Å². The van der Waals surface area contributed by atoms with Crippen molar-refractivity contribution >= 4 is 27.7 Å². The number of ether oxygens (including phenoxy) is 1. The highest BCUT2D eigenvalue weighted by Crippen LogP contribution is 2.14. The summed E-state index contributed by atoms with van der Waals surface area (Å²) in [5.74, 6) is 0.119. The van der Waals surface area contributed by atoms with Crippen LogP contribution in [0.2, 0.25) is 0 Å². The molecule has 160 valence electrons. The molecule has 2 aliphatic rings. The fourth-order valence-electron chi connectivity index (χ4n) is 3.73. The summed E-state index contributed by atoms with van der Waals surface area (Å²) in [4.78, 5) is 31.8. The molecule has 0 aromatic heterocycles. The molecule has 29 heavy (non-hydrogen) atoms. The number of nitrogens with zero attached hydrogens (tertiary/aromatic N) is 3. The Morgan fingerprint density at radius 2 is 1.86 bits per heavy atom. The number of amides is 2. The third-order valence-electron chi connectivity index (χ3n) is 5.43. The van der Waals surface area contributed by atoms with Gasteiger partial charge in [0, 0.05) is 75.4 Å². The van der Waals surface area contributed by atoms with Gasteiger partial charge in [0.2, 0.25) is 5.91 Å². The Hall–Kier alpha value is -1.48. The second-order valence-corrected chi connectivity index (χ2v) is 8.41. The first-order valence-electron chi connectivity index (χ1n) is 10.5. The van der Waals surface area contributed by atoms with Gasteiger partial charge in [0.1, 0.15) is 0 Å². The van der Waals surface area contributed by atoms with Crippen molar-refractivity contribution in [3.05, 3.63) is 34.3 Å². The zero-order valence-electron chi connectivity index (χ0n) is 16.9. The van der Waals surface area contributed by atoms with E-state index in [0.29, 0.717) is 25.1 Å². The highest BCUT2D eigenvalue weighted by molar-refractivity contribution is 9.10. The summed E-state index contributed by atoms with van der Waals surface area (Å²) in [7, 11) is 0. The molecule has 2 heterocycles. The van der Waals surface area contributed by atoms with E-state index in [-0.39, 0.29) is 11.8 Å². The number of carbonyl (C=O) groups excluding carboxylic acids is 2. The molecule has 2 saturated heterocycles. The molecule has 0 aliphatic carbocycles. The van der Waals surface area contributed by atoms with Crippen molar-refractivity contribution in [3.63, 3.8) is 0 Å². The van der Waals surface area contributed by atoms with Gasteiger partial charge in [0.05, 0.1) is 13.2 Å². The Balaban J connectivity index is 1.57. The molecule has 2 aliphatic heterocycles. The van der Waals surface area contributed by atoms with Gasteiger partial charge in [-0.15, -0.1) is 0 Å². The third kappa shape index (κ3) is 7.06. The summed E-state index contributed by atoms with van der Waals surface area (Å²) in [5.41, 5.74) is 0.653. The lowest BCUT2D eigenvalue weighted by Crippen LogP contribution is -2.47. The van der Waals surface area contributed by atoms with E-state index >= 15 is 0 Å². The second kappa shape index (κ2) is 11.6. The van der Waals surface area contributed by atoms with E-state index in [1.54, 1.807) is 0 Å². The Morgan fingerprint density at radius 3 is 2.59 bits per heavy atom. The predicted molar refractivity (Wildman–Crippen MR) is 116 cm³/mol. The summed E-state index contributed by atoms with van der Waals surface area (Å²) >= 11 is 3.44.